The van der Waals surface area contributed by atoms with Gasteiger partial charge < -0.3 is 14.3 Å². The number of nitrogens with zero attached hydrogens (tertiary/aromatic N) is 3. The third-order valence-corrected chi connectivity index (χ3v) is 5.65. The van der Waals surface area contributed by atoms with E-state index < -0.39 is 0 Å². The van der Waals surface area contributed by atoms with Crippen molar-refractivity contribution in [3.05, 3.63) is 107 Å². The number of aryl methyl sites for hydroxylation is 1. The SMILES string of the molecule is C=CCn1c(-c2ccc(C)cc2)c(NC(=O)c2ccco2)s/c1=N\N=C\c1ccccc1. The number of hydrogen-bond donors (Lipinski definition) is 1. The first kappa shape index (κ1) is 21.3. The molecule has 2 aromatic heterocycles. The summed E-state index contributed by atoms with van der Waals surface area (Å²) in [5, 5.41) is 12.3. The van der Waals surface area contributed by atoms with E-state index in [1.165, 1.54) is 17.6 Å². The molecular formula is C25H22N4O2S. The Hall–Kier alpha value is -3.97. The van der Waals surface area contributed by atoms with Gasteiger partial charge in [0.15, 0.2) is 5.76 Å². The van der Waals surface area contributed by atoms with Crippen LogP contribution < -0.4 is 10.1 Å². The number of carbonyl (C=O) groups excluding carboxylic acids is 1. The van der Waals surface area contributed by atoms with Crippen LogP contribution >= 0.6 is 11.3 Å². The molecule has 0 radical (unpaired) electrons. The lowest BCUT2D eigenvalue weighted by Gasteiger charge is -2.10. The van der Waals surface area contributed by atoms with E-state index in [1.807, 2.05) is 66.1 Å². The van der Waals surface area contributed by atoms with E-state index >= 15 is 0 Å². The number of furan rings is 1. The number of aromatic nitrogens is 1. The number of rotatable bonds is 7. The van der Waals surface area contributed by atoms with Crippen molar-refractivity contribution >= 4 is 28.5 Å². The second kappa shape index (κ2) is 9.89. The summed E-state index contributed by atoms with van der Waals surface area (Å²) in [6.45, 7) is 6.43. The van der Waals surface area contributed by atoms with Gasteiger partial charge in [-0.25, -0.2) is 0 Å². The first-order valence-electron chi connectivity index (χ1n) is 10.0. The van der Waals surface area contributed by atoms with Gasteiger partial charge in [-0.1, -0.05) is 77.6 Å². The summed E-state index contributed by atoms with van der Waals surface area (Å²) in [5.41, 5.74) is 3.89. The molecule has 4 aromatic rings. The summed E-state index contributed by atoms with van der Waals surface area (Å²) in [6.07, 6.45) is 4.97. The minimum Gasteiger partial charge on any atom is -0.459 e. The normalized spacial score (nSPS) is 11.7. The molecular weight excluding hydrogens is 420 g/mol. The van der Waals surface area contributed by atoms with Crippen LogP contribution in [0.3, 0.4) is 0 Å². The van der Waals surface area contributed by atoms with Crippen LogP contribution in [0.25, 0.3) is 11.3 Å². The highest BCUT2D eigenvalue weighted by Gasteiger charge is 2.19. The minimum atomic E-state index is -0.324. The minimum absolute atomic E-state index is 0.240. The first-order chi connectivity index (χ1) is 15.7. The summed E-state index contributed by atoms with van der Waals surface area (Å²) in [7, 11) is 0. The number of hydrogen-bond acceptors (Lipinski definition) is 5. The van der Waals surface area contributed by atoms with Gasteiger partial charge in [0, 0.05) is 12.1 Å². The van der Waals surface area contributed by atoms with Crippen LogP contribution in [0.1, 0.15) is 21.7 Å². The van der Waals surface area contributed by atoms with Crippen molar-refractivity contribution in [3.63, 3.8) is 0 Å². The summed E-state index contributed by atoms with van der Waals surface area (Å²) in [6, 6.07) is 21.2. The van der Waals surface area contributed by atoms with E-state index in [-0.39, 0.29) is 11.7 Å². The molecule has 4 rings (SSSR count). The lowest BCUT2D eigenvalue weighted by Crippen LogP contribution is -2.15. The summed E-state index contributed by atoms with van der Waals surface area (Å²) < 4.78 is 7.24. The van der Waals surface area contributed by atoms with Gasteiger partial charge in [-0.15, -0.1) is 11.7 Å². The topological polar surface area (TPSA) is 71.9 Å². The van der Waals surface area contributed by atoms with Crippen LogP contribution in [0.2, 0.25) is 0 Å². The van der Waals surface area contributed by atoms with E-state index in [1.54, 1.807) is 24.4 Å². The highest BCUT2D eigenvalue weighted by atomic mass is 32.1. The van der Waals surface area contributed by atoms with E-state index in [0.717, 1.165) is 22.4 Å². The van der Waals surface area contributed by atoms with Gasteiger partial charge in [0.25, 0.3) is 5.91 Å². The molecule has 0 saturated heterocycles. The molecule has 0 aliphatic carbocycles. The molecule has 0 bridgehead atoms. The zero-order valence-electron chi connectivity index (χ0n) is 17.6. The molecule has 2 aromatic carbocycles. The molecule has 0 aliphatic rings. The number of amides is 1. The fourth-order valence-electron chi connectivity index (χ4n) is 3.13. The Labute approximate surface area is 189 Å². The number of anilines is 1. The lowest BCUT2D eigenvalue weighted by atomic mass is 10.1. The molecule has 1 N–H and O–H groups in total. The van der Waals surface area contributed by atoms with Gasteiger partial charge in [0.2, 0.25) is 4.80 Å². The Morgan fingerprint density at radius 3 is 2.59 bits per heavy atom. The summed E-state index contributed by atoms with van der Waals surface area (Å²) in [4.78, 5) is 13.3. The molecule has 0 spiro atoms. The second-order valence-corrected chi connectivity index (χ2v) is 7.99. The van der Waals surface area contributed by atoms with Crippen molar-refractivity contribution in [2.45, 2.75) is 13.5 Å². The molecule has 160 valence electrons. The smallest absolute Gasteiger partial charge is 0.292 e. The Kier molecular flexibility index (Phi) is 6.57. The predicted octanol–water partition coefficient (Wildman–Crippen LogP) is 5.49. The van der Waals surface area contributed by atoms with Gasteiger partial charge in [0.05, 0.1) is 18.2 Å². The predicted molar refractivity (Wildman–Crippen MR) is 129 cm³/mol. The molecule has 0 fully saturated rings. The monoisotopic (exact) mass is 442 g/mol. The fraction of sp³-hybridized carbons (Fsp3) is 0.0800. The Bertz CT molecular complexity index is 1300. The highest BCUT2D eigenvalue weighted by Crippen LogP contribution is 2.31. The molecule has 7 heteroatoms. The molecule has 0 unspecified atom stereocenters. The van der Waals surface area contributed by atoms with E-state index in [9.17, 15) is 4.79 Å². The molecule has 0 aliphatic heterocycles. The van der Waals surface area contributed by atoms with Crippen LogP contribution in [0.15, 0.2) is 100 Å². The third kappa shape index (κ3) is 4.84. The van der Waals surface area contributed by atoms with Crippen LogP contribution in [-0.2, 0) is 6.54 Å². The second-order valence-electron chi connectivity index (χ2n) is 7.01. The van der Waals surface area contributed by atoms with E-state index in [2.05, 4.69) is 22.1 Å². The quantitative estimate of drug-likeness (QED) is 0.233. The lowest BCUT2D eigenvalue weighted by molar-refractivity contribution is 0.0997. The third-order valence-electron chi connectivity index (χ3n) is 4.67. The standard InChI is InChI=1S/C25H22N4O2S/c1-3-15-29-22(20-13-11-18(2)12-14-20)24(27-23(30)21-10-7-16-31-21)32-25(29)28-26-17-19-8-5-4-6-9-19/h3-14,16-17H,1,15H2,2H3,(H,27,30)/b26-17+,28-25-. The van der Waals surface area contributed by atoms with E-state index in [0.29, 0.717) is 16.3 Å². The van der Waals surface area contributed by atoms with Crippen LogP contribution in [0.4, 0.5) is 5.00 Å². The Morgan fingerprint density at radius 1 is 1.12 bits per heavy atom. The number of nitrogens with one attached hydrogen (secondary N) is 1. The van der Waals surface area contributed by atoms with Crippen molar-refractivity contribution in [1.82, 2.24) is 4.57 Å². The maximum absolute atomic E-state index is 12.7. The van der Waals surface area contributed by atoms with Gasteiger partial charge in [-0.3, -0.25) is 4.79 Å². The summed E-state index contributed by atoms with van der Waals surface area (Å²) >= 11 is 1.35. The van der Waals surface area contributed by atoms with Crippen molar-refractivity contribution in [1.29, 1.82) is 0 Å². The van der Waals surface area contributed by atoms with Gasteiger partial charge >= 0.3 is 0 Å². The van der Waals surface area contributed by atoms with Gasteiger partial charge in [-0.2, -0.15) is 5.10 Å². The van der Waals surface area contributed by atoms with Crippen molar-refractivity contribution in [3.8, 4) is 11.3 Å². The van der Waals surface area contributed by atoms with Crippen molar-refractivity contribution in [2.75, 3.05) is 5.32 Å². The van der Waals surface area contributed by atoms with Crippen LogP contribution in [0, 0.1) is 6.92 Å². The number of benzene rings is 2. The molecule has 0 saturated carbocycles. The Morgan fingerprint density at radius 2 is 1.91 bits per heavy atom. The van der Waals surface area contributed by atoms with Crippen molar-refractivity contribution in [2.24, 2.45) is 10.2 Å². The van der Waals surface area contributed by atoms with Gasteiger partial charge in [-0.05, 0) is 24.6 Å². The number of carbonyl (C=O) groups is 1. The van der Waals surface area contributed by atoms with Crippen LogP contribution in [-0.4, -0.2) is 16.7 Å². The molecule has 32 heavy (non-hydrogen) atoms. The maximum atomic E-state index is 12.7. The zero-order chi connectivity index (χ0) is 22.3. The van der Waals surface area contributed by atoms with Crippen LogP contribution in [0.5, 0.6) is 0 Å². The highest BCUT2D eigenvalue weighted by molar-refractivity contribution is 7.14. The average Bonchev–Trinajstić information content (AvgIpc) is 3.45. The zero-order valence-corrected chi connectivity index (χ0v) is 18.4. The fourth-order valence-corrected chi connectivity index (χ4v) is 4.14. The molecule has 1 amide bonds. The number of allylic oxidation sites excluding steroid dienone is 1. The Balaban J connectivity index is 1.81. The maximum Gasteiger partial charge on any atom is 0.292 e. The number of thiazole rings is 1. The molecule has 6 nitrogen and oxygen atoms in total. The van der Waals surface area contributed by atoms with E-state index in [4.69, 9.17) is 4.42 Å². The summed E-state index contributed by atoms with van der Waals surface area (Å²) in [5.74, 6) is -0.0844. The van der Waals surface area contributed by atoms with Crippen molar-refractivity contribution < 1.29 is 9.21 Å². The molecule has 2 heterocycles. The molecule has 0 atom stereocenters. The van der Waals surface area contributed by atoms with Gasteiger partial charge in [0.1, 0.15) is 5.00 Å². The average molecular weight is 443 g/mol. The largest absolute Gasteiger partial charge is 0.459 e. The first-order valence-corrected chi connectivity index (χ1v) is 10.9.